The molecule has 0 saturated heterocycles. The Morgan fingerprint density at radius 1 is 0.722 bits per heavy atom. The highest BCUT2D eigenvalue weighted by atomic mass is 16.6. The van der Waals surface area contributed by atoms with Gasteiger partial charge in [0.25, 0.3) is 17.3 Å². The Bertz CT molecular complexity index is 1530. The van der Waals surface area contributed by atoms with Crippen molar-refractivity contribution >= 4 is 34.7 Å². The maximum absolute atomic E-state index is 13.5. The van der Waals surface area contributed by atoms with Gasteiger partial charge in [0.05, 0.1) is 15.5 Å². The summed E-state index contributed by atoms with van der Waals surface area (Å²) in [5, 5.41) is 21.9. The summed E-state index contributed by atoms with van der Waals surface area (Å²) in [5.41, 5.74) is 2.87. The quantitative estimate of drug-likeness (QED) is 0.184. The summed E-state index contributed by atoms with van der Waals surface area (Å²) in [5.74, 6) is 0.624. The molecule has 36 heavy (non-hydrogen) atoms. The van der Waals surface area contributed by atoms with Crippen LogP contribution in [0.3, 0.4) is 0 Å². The average molecular weight is 479 g/mol. The third kappa shape index (κ3) is 4.28. The van der Waals surface area contributed by atoms with Gasteiger partial charge in [-0.1, -0.05) is 30.3 Å². The minimum absolute atomic E-state index is 0.0193. The fraction of sp³-hybridized carbons (Fsp3) is 0. The lowest BCUT2D eigenvalue weighted by atomic mass is 10.1. The third-order valence-corrected chi connectivity index (χ3v) is 5.66. The highest BCUT2D eigenvalue weighted by molar-refractivity contribution is 6.23. The first-order valence-corrected chi connectivity index (χ1v) is 10.8. The second kappa shape index (κ2) is 9.15. The lowest BCUT2D eigenvalue weighted by Gasteiger charge is -2.20. The van der Waals surface area contributed by atoms with Crippen LogP contribution in [0.2, 0.25) is 0 Å². The number of carbonyl (C=O) groups excluding carboxylic acids is 1. The van der Waals surface area contributed by atoms with E-state index in [0.29, 0.717) is 34.0 Å². The van der Waals surface area contributed by atoms with Crippen LogP contribution in [0.25, 0.3) is 23.1 Å². The monoisotopic (exact) mass is 479 g/mol. The Hall–Kier alpha value is -5.31. The molecule has 3 aromatic carbocycles. The van der Waals surface area contributed by atoms with Crippen molar-refractivity contribution in [3.63, 3.8) is 0 Å². The van der Waals surface area contributed by atoms with Crippen LogP contribution >= 0.6 is 0 Å². The maximum Gasteiger partial charge on any atom is 0.269 e. The molecule has 1 aliphatic rings. The van der Waals surface area contributed by atoms with Gasteiger partial charge in [-0.05, 0) is 54.1 Å². The van der Waals surface area contributed by atoms with Crippen LogP contribution in [-0.2, 0) is 4.79 Å². The van der Waals surface area contributed by atoms with E-state index in [-0.39, 0.29) is 17.3 Å². The molecular formula is C27H17N3O6. The maximum atomic E-state index is 13.5. The minimum atomic E-state index is -0.492. The fourth-order valence-corrected chi connectivity index (χ4v) is 3.90. The molecule has 176 valence electrons. The number of benzene rings is 3. The van der Waals surface area contributed by atoms with Gasteiger partial charge in [0, 0.05) is 41.1 Å². The molecular weight excluding hydrogens is 462 g/mol. The number of rotatable bonds is 6. The predicted molar refractivity (Wildman–Crippen MR) is 134 cm³/mol. The van der Waals surface area contributed by atoms with Crippen molar-refractivity contribution < 1.29 is 19.1 Å². The largest absolute Gasteiger partial charge is 0.457 e. The highest BCUT2D eigenvalue weighted by Gasteiger charge is 2.31. The molecule has 0 unspecified atom stereocenters. The molecule has 0 spiro atoms. The van der Waals surface area contributed by atoms with Crippen LogP contribution in [0, 0.1) is 20.2 Å². The molecule has 0 N–H and O–H groups in total. The molecule has 9 nitrogen and oxygen atoms in total. The Kier molecular flexibility index (Phi) is 5.71. The number of non-ortho nitro benzene ring substituents is 2. The van der Waals surface area contributed by atoms with Crippen molar-refractivity contribution in [3.05, 3.63) is 134 Å². The summed E-state index contributed by atoms with van der Waals surface area (Å²) in [6, 6.07) is 24.5. The summed E-state index contributed by atoms with van der Waals surface area (Å²) < 4.78 is 5.88. The molecule has 0 bridgehead atoms. The zero-order valence-corrected chi connectivity index (χ0v) is 18.6. The Labute approximate surface area is 204 Å². The highest BCUT2D eigenvalue weighted by Crippen LogP contribution is 2.36. The lowest BCUT2D eigenvalue weighted by molar-refractivity contribution is -0.385. The SMILES string of the molecule is O=C1/C(=C/c2ccc(-c3ccc([N+](=O)[O-])cc3)o2)C=C(c2ccccc2)N1c1ccc([N+](=O)[O-])cc1. The number of furan rings is 1. The Morgan fingerprint density at radius 3 is 1.94 bits per heavy atom. The smallest absolute Gasteiger partial charge is 0.269 e. The number of hydrogen-bond donors (Lipinski definition) is 0. The molecule has 4 aromatic rings. The van der Waals surface area contributed by atoms with E-state index in [9.17, 15) is 25.0 Å². The van der Waals surface area contributed by atoms with Gasteiger partial charge in [-0.2, -0.15) is 0 Å². The molecule has 0 saturated carbocycles. The van der Waals surface area contributed by atoms with Crippen molar-refractivity contribution in [2.24, 2.45) is 0 Å². The van der Waals surface area contributed by atoms with Gasteiger partial charge in [0.1, 0.15) is 11.5 Å². The van der Waals surface area contributed by atoms with Crippen LogP contribution in [0.4, 0.5) is 17.1 Å². The number of carbonyl (C=O) groups is 1. The van der Waals surface area contributed by atoms with Crippen molar-refractivity contribution in [1.29, 1.82) is 0 Å². The van der Waals surface area contributed by atoms with Crippen LogP contribution in [0.15, 0.2) is 107 Å². The molecule has 0 atom stereocenters. The fourth-order valence-electron chi connectivity index (χ4n) is 3.90. The van der Waals surface area contributed by atoms with E-state index in [1.165, 1.54) is 41.3 Å². The first-order chi connectivity index (χ1) is 17.4. The van der Waals surface area contributed by atoms with E-state index in [1.54, 1.807) is 36.4 Å². The lowest BCUT2D eigenvalue weighted by Crippen LogP contribution is -2.24. The summed E-state index contributed by atoms with van der Waals surface area (Å²) in [6.45, 7) is 0. The van der Waals surface area contributed by atoms with Crippen molar-refractivity contribution in [2.45, 2.75) is 0 Å². The molecule has 1 amide bonds. The van der Waals surface area contributed by atoms with Crippen LogP contribution in [0.5, 0.6) is 0 Å². The van der Waals surface area contributed by atoms with E-state index in [4.69, 9.17) is 4.42 Å². The summed E-state index contributed by atoms with van der Waals surface area (Å²) >= 11 is 0. The topological polar surface area (TPSA) is 120 Å². The van der Waals surface area contributed by atoms with E-state index < -0.39 is 9.85 Å². The summed E-state index contributed by atoms with van der Waals surface area (Å²) in [6.07, 6.45) is 3.36. The number of anilines is 1. The summed E-state index contributed by atoms with van der Waals surface area (Å²) in [4.78, 5) is 35.9. The van der Waals surface area contributed by atoms with Crippen LogP contribution in [-0.4, -0.2) is 15.8 Å². The number of hydrogen-bond acceptors (Lipinski definition) is 6. The number of nitro benzene ring substituents is 2. The summed E-state index contributed by atoms with van der Waals surface area (Å²) in [7, 11) is 0. The number of nitro groups is 2. The first kappa shape index (κ1) is 22.5. The van der Waals surface area contributed by atoms with Gasteiger partial charge < -0.3 is 4.42 Å². The predicted octanol–water partition coefficient (Wildman–Crippen LogP) is 6.23. The molecule has 0 aliphatic carbocycles. The molecule has 1 aromatic heterocycles. The zero-order valence-electron chi connectivity index (χ0n) is 18.6. The van der Waals surface area contributed by atoms with E-state index in [1.807, 2.05) is 30.3 Å². The minimum Gasteiger partial charge on any atom is -0.457 e. The van der Waals surface area contributed by atoms with Gasteiger partial charge in [-0.15, -0.1) is 0 Å². The third-order valence-electron chi connectivity index (χ3n) is 5.66. The molecule has 2 heterocycles. The average Bonchev–Trinajstić information content (AvgIpc) is 3.49. The second-order valence-electron chi connectivity index (χ2n) is 7.92. The van der Waals surface area contributed by atoms with Gasteiger partial charge in [0.2, 0.25) is 0 Å². The van der Waals surface area contributed by atoms with Gasteiger partial charge in [0.15, 0.2) is 0 Å². The zero-order chi connectivity index (χ0) is 25.2. The number of amides is 1. The standard InChI is InChI=1S/C27H17N3O6/c31-27-20(16-24-14-15-26(36-24)19-6-8-22(9-7-19)29(32)33)17-25(18-4-2-1-3-5-18)28(27)21-10-12-23(13-11-21)30(34)35/h1-17H/b20-16+. The van der Waals surface area contributed by atoms with Gasteiger partial charge in [-0.25, -0.2) is 0 Å². The normalized spacial score (nSPS) is 14.2. The molecule has 0 fully saturated rings. The number of nitrogens with zero attached hydrogens (tertiary/aromatic N) is 3. The van der Waals surface area contributed by atoms with Crippen molar-refractivity contribution in [1.82, 2.24) is 0 Å². The van der Waals surface area contributed by atoms with Crippen molar-refractivity contribution in [2.75, 3.05) is 4.90 Å². The van der Waals surface area contributed by atoms with Crippen molar-refractivity contribution in [3.8, 4) is 11.3 Å². The van der Waals surface area contributed by atoms with Gasteiger partial charge >= 0.3 is 0 Å². The molecule has 5 rings (SSSR count). The Morgan fingerprint density at radius 2 is 1.33 bits per heavy atom. The molecule has 9 heteroatoms. The first-order valence-electron chi connectivity index (χ1n) is 10.8. The van der Waals surface area contributed by atoms with E-state index in [2.05, 4.69) is 0 Å². The van der Waals surface area contributed by atoms with Gasteiger partial charge in [-0.3, -0.25) is 29.9 Å². The second-order valence-corrected chi connectivity index (χ2v) is 7.92. The van der Waals surface area contributed by atoms with E-state index in [0.717, 1.165) is 5.56 Å². The van der Waals surface area contributed by atoms with Crippen LogP contribution < -0.4 is 4.90 Å². The Balaban J connectivity index is 1.50. The molecule has 0 radical (unpaired) electrons. The van der Waals surface area contributed by atoms with Crippen LogP contribution in [0.1, 0.15) is 11.3 Å². The van der Waals surface area contributed by atoms with E-state index >= 15 is 0 Å². The molecule has 1 aliphatic heterocycles.